The summed E-state index contributed by atoms with van der Waals surface area (Å²) < 4.78 is 6.19. The van der Waals surface area contributed by atoms with Crippen molar-refractivity contribution in [2.75, 3.05) is 0 Å². The minimum Gasteiger partial charge on any atom is -0.448 e. The first-order chi connectivity index (χ1) is 13.9. The normalized spacial score (nSPS) is 11.5. The minimum absolute atomic E-state index is 0.0873. The smallest absolute Gasteiger partial charge is 0.360 e. The predicted octanol–water partition coefficient (Wildman–Crippen LogP) is 0.940. The zero-order valence-corrected chi connectivity index (χ0v) is 15.7. The Morgan fingerprint density at radius 3 is 2.28 bits per heavy atom. The molecule has 2 N–H and O–H groups in total. The Kier molecular flexibility index (Phi) is 5.68. The van der Waals surface area contributed by atoms with Gasteiger partial charge in [-0.05, 0) is 25.1 Å². The number of benzene rings is 2. The molecule has 0 fully saturated rings. The van der Waals surface area contributed by atoms with E-state index in [2.05, 4.69) is 16.0 Å². The van der Waals surface area contributed by atoms with E-state index < -0.39 is 23.9 Å². The van der Waals surface area contributed by atoms with Crippen molar-refractivity contribution in [1.29, 1.82) is 0 Å². The summed E-state index contributed by atoms with van der Waals surface area (Å²) >= 11 is 0. The highest BCUT2D eigenvalue weighted by Gasteiger charge is 2.23. The van der Waals surface area contributed by atoms with Crippen LogP contribution in [0.25, 0.3) is 10.8 Å². The molecule has 0 radical (unpaired) electrons. The number of ether oxygens (including phenoxy) is 1. The van der Waals surface area contributed by atoms with Crippen LogP contribution >= 0.6 is 0 Å². The van der Waals surface area contributed by atoms with Crippen LogP contribution in [0.15, 0.2) is 59.4 Å². The third-order valence-corrected chi connectivity index (χ3v) is 4.14. The molecule has 0 aliphatic heterocycles. The second-order valence-corrected chi connectivity index (χ2v) is 6.18. The monoisotopic (exact) mass is 394 g/mol. The van der Waals surface area contributed by atoms with Gasteiger partial charge in [-0.25, -0.2) is 9.48 Å². The molecule has 148 valence electrons. The van der Waals surface area contributed by atoms with E-state index in [0.717, 1.165) is 4.68 Å². The van der Waals surface area contributed by atoms with E-state index in [4.69, 9.17) is 4.74 Å². The van der Waals surface area contributed by atoms with E-state index in [1.165, 1.54) is 14.0 Å². The van der Waals surface area contributed by atoms with Crippen LogP contribution in [-0.2, 0) is 16.6 Å². The molecule has 1 atom stereocenters. The summed E-state index contributed by atoms with van der Waals surface area (Å²) in [6.45, 7) is 1.35. The van der Waals surface area contributed by atoms with Crippen LogP contribution in [-0.4, -0.2) is 33.7 Å². The first kappa shape index (κ1) is 19.7. The molecule has 0 aliphatic carbocycles. The predicted molar refractivity (Wildman–Crippen MR) is 104 cm³/mol. The van der Waals surface area contributed by atoms with Gasteiger partial charge in [-0.1, -0.05) is 36.4 Å². The van der Waals surface area contributed by atoms with Crippen LogP contribution in [0.2, 0.25) is 0 Å². The Bertz CT molecular complexity index is 1140. The fraction of sp³-hybridized carbons (Fsp3) is 0.150. The van der Waals surface area contributed by atoms with E-state index in [0.29, 0.717) is 16.3 Å². The lowest BCUT2D eigenvalue weighted by Crippen LogP contribution is -2.46. The third-order valence-electron chi connectivity index (χ3n) is 4.14. The lowest BCUT2D eigenvalue weighted by Gasteiger charge is -2.14. The molecule has 0 bridgehead atoms. The molecule has 0 saturated heterocycles. The number of hydrazine groups is 1. The number of aryl methyl sites for hydroxylation is 1. The van der Waals surface area contributed by atoms with Crippen molar-refractivity contribution in [2.45, 2.75) is 13.0 Å². The Hall–Kier alpha value is -4.01. The van der Waals surface area contributed by atoms with Crippen molar-refractivity contribution in [3.8, 4) is 0 Å². The van der Waals surface area contributed by atoms with E-state index in [1.54, 1.807) is 54.6 Å². The third kappa shape index (κ3) is 4.29. The number of esters is 1. The molecule has 0 aliphatic rings. The number of nitrogens with one attached hydrogen (secondary N) is 2. The average Bonchev–Trinajstić information content (AvgIpc) is 2.74. The first-order valence-electron chi connectivity index (χ1n) is 8.70. The summed E-state index contributed by atoms with van der Waals surface area (Å²) in [5, 5.41) is 4.59. The van der Waals surface area contributed by atoms with Gasteiger partial charge in [0, 0.05) is 18.0 Å². The molecule has 29 heavy (non-hydrogen) atoms. The fourth-order valence-electron chi connectivity index (χ4n) is 2.60. The average molecular weight is 394 g/mol. The number of aromatic nitrogens is 2. The molecule has 9 heteroatoms. The second-order valence-electron chi connectivity index (χ2n) is 6.18. The highest BCUT2D eigenvalue weighted by Crippen LogP contribution is 2.14. The topological polar surface area (TPSA) is 119 Å². The van der Waals surface area contributed by atoms with Gasteiger partial charge in [-0.3, -0.25) is 25.2 Å². The van der Waals surface area contributed by atoms with E-state index >= 15 is 0 Å². The summed E-state index contributed by atoms with van der Waals surface area (Å²) in [6, 6.07) is 14.8. The molecular weight excluding hydrogens is 376 g/mol. The maximum absolute atomic E-state index is 12.5. The minimum atomic E-state index is -1.21. The summed E-state index contributed by atoms with van der Waals surface area (Å²) in [5.74, 6) is -2.10. The first-order valence-corrected chi connectivity index (χ1v) is 8.70. The van der Waals surface area contributed by atoms with Gasteiger partial charge in [0.25, 0.3) is 17.4 Å². The van der Waals surface area contributed by atoms with Gasteiger partial charge in [0.1, 0.15) is 0 Å². The number of carbonyl (C=O) groups excluding carboxylic acids is 3. The van der Waals surface area contributed by atoms with Crippen LogP contribution in [0.3, 0.4) is 0 Å². The quantitative estimate of drug-likeness (QED) is 0.502. The lowest BCUT2D eigenvalue weighted by atomic mass is 10.1. The van der Waals surface area contributed by atoms with Crippen LogP contribution in [0.5, 0.6) is 0 Å². The number of fused-ring (bicyclic) bond motifs is 1. The fourth-order valence-corrected chi connectivity index (χ4v) is 2.60. The standard InChI is InChI=1S/C20H18N4O5/c1-12(17(25)21-22-18(26)13-8-4-3-5-9-13)29-20(28)16-14-10-6-7-11-15(14)19(27)24(2)23-16/h3-12H,1-2H3,(H,21,25)(H,22,26)/t12-/m0/s1. The number of hydrogen-bond acceptors (Lipinski definition) is 6. The van der Waals surface area contributed by atoms with Gasteiger partial charge >= 0.3 is 5.97 Å². The molecule has 3 rings (SSSR count). The van der Waals surface area contributed by atoms with Crippen molar-refractivity contribution < 1.29 is 19.1 Å². The maximum Gasteiger partial charge on any atom is 0.360 e. The van der Waals surface area contributed by atoms with Gasteiger partial charge in [0.15, 0.2) is 11.8 Å². The Balaban J connectivity index is 1.68. The number of hydrogen-bond donors (Lipinski definition) is 2. The Morgan fingerprint density at radius 2 is 1.59 bits per heavy atom. The van der Waals surface area contributed by atoms with Gasteiger partial charge in [0.05, 0.1) is 5.39 Å². The van der Waals surface area contributed by atoms with Gasteiger partial charge in [-0.2, -0.15) is 5.10 Å². The summed E-state index contributed by atoms with van der Waals surface area (Å²) in [4.78, 5) is 48.8. The molecule has 9 nitrogen and oxygen atoms in total. The van der Waals surface area contributed by atoms with Crippen molar-refractivity contribution in [2.24, 2.45) is 7.05 Å². The van der Waals surface area contributed by atoms with Crippen LogP contribution in [0.1, 0.15) is 27.8 Å². The van der Waals surface area contributed by atoms with E-state index in [1.807, 2.05) is 0 Å². The Labute approximate surface area is 165 Å². The molecule has 0 saturated carbocycles. The molecule has 2 amide bonds. The summed E-state index contributed by atoms with van der Waals surface area (Å²) in [7, 11) is 1.42. The number of amides is 2. The zero-order chi connectivity index (χ0) is 21.0. The largest absolute Gasteiger partial charge is 0.448 e. The van der Waals surface area contributed by atoms with Gasteiger partial charge in [-0.15, -0.1) is 0 Å². The van der Waals surface area contributed by atoms with Crippen LogP contribution in [0.4, 0.5) is 0 Å². The molecule has 2 aromatic carbocycles. The van der Waals surface area contributed by atoms with Crippen LogP contribution < -0.4 is 16.4 Å². The van der Waals surface area contributed by atoms with Gasteiger partial charge in [0.2, 0.25) is 0 Å². The molecular formula is C20H18N4O5. The highest BCUT2D eigenvalue weighted by atomic mass is 16.5. The summed E-state index contributed by atoms with van der Waals surface area (Å²) in [6.07, 6.45) is -1.21. The van der Waals surface area contributed by atoms with Crippen molar-refractivity contribution in [3.63, 3.8) is 0 Å². The lowest BCUT2D eigenvalue weighted by molar-refractivity contribution is -0.129. The SMILES string of the molecule is C[C@H](OC(=O)c1nn(C)c(=O)c2ccccc12)C(=O)NNC(=O)c1ccccc1. The zero-order valence-electron chi connectivity index (χ0n) is 15.7. The molecule has 1 aromatic heterocycles. The van der Waals surface area contributed by atoms with Crippen LogP contribution in [0, 0.1) is 0 Å². The maximum atomic E-state index is 12.5. The number of nitrogens with zero attached hydrogens (tertiary/aromatic N) is 2. The van der Waals surface area contributed by atoms with Gasteiger partial charge < -0.3 is 4.74 Å². The molecule has 0 unspecified atom stereocenters. The Morgan fingerprint density at radius 1 is 0.966 bits per heavy atom. The molecule has 3 aromatic rings. The highest BCUT2D eigenvalue weighted by molar-refractivity contribution is 6.03. The van der Waals surface area contributed by atoms with Crippen molar-refractivity contribution in [3.05, 3.63) is 76.2 Å². The van der Waals surface area contributed by atoms with E-state index in [9.17, 15) is 19.2 Å². The summed E-state index contributed by atoms with van der Waals surface area (Å²) in [5.41, 5.74) is 4.37. The molecule has 1 heterocycles. The van der Waals surface area contributed by atoms with Crippen molar-refractivity contribution in [1.82, 2.24) is 20.6 Å². The second kappa shape index (κ2) is 8.34. The van der Waals surface area contributed by atoms with E-state index in [-0.39, 0.29) is 11.3 Å². The molecule has 0 spiro atoms. The van der Waals surface area contributed by atoms with Crippen molar-refractivity contribution >= 4 is 28.6 Å². The number of rotatable bonds is 4. The number of carbonyl (C=O) groups is 3.